The molecule has 4 heteroatoms. The first-order valence-corrected chi connectivity index (χ1v) is 9.44. The average molecular weight is 340 g/mol. The van der Waals surface area contributed by atoms with E-state index < -0.39 is 0 Å². The largest absolute Gasteiger partial charge is 0.497 e. The molecular weight excluding hydrogens is 312 g/mol. The van der Waals surface area contributed by atoms with Crippen molar-refractivity contribution in [3.05, 3.63) is 36.0 Å². The van der Waals surface area contributed by atoms with E-state index in [4.69, 9.17) is 9.47 Å². The normalized spacial score (nSPS) is 29.7. The number of hydrogen-bond donors (Lipinski definition) is 0. The van der Waals surface area contributed by atoms with E-state index in [1.807, 2.05) is 25.4 Å². The van der Waals surface area contributed by atoms with Gasteiger partial charge in [0.05, 0.1) is 18.7 Å². The molecule has 0 N–H and O–H groups in total. The lowest BCUT2D eigenvalue weighted by molar-refractivity contribution is -0.0698. The second-order valence-corrected chi connectivity index (χ2v) is 7.45. The molecule has 1 unspecified atom stereocenters. The summed E-state index contributed by atoms with van der Waals surface area (Å²) in [5.41, 5.74) is 2.24. The maximum Gasteiger partial charge on any atom is 0.119 e. The number of aromatic nitrogens is 1. The molecule has 3 fully saturated rings. The summed E-state index contributed by atoms with van der Waals surface area (Å²) in [4.78, 5) is 7.19. The molecule has 4 heterocycles. The molecule has 0 saturated carbocycles. The Morgan fingerprint density at radius 3 is 2.84 bits per heavy atom. The molecule has 2 aromatic rings. The number of methoxy groups -OCH3 is 2. The molecule has 2 bridgehead atoms. The van der Waals surface area contributed by atoms with Crippen molar-refractivity contribution in [2.45, 2.75) is 38.3 Å². The van der Waals surface area contributed by atoms with E-state index in [1.165, 1.54) is 37.9 Å². The number of fused-ring (bicyclic) bond motifs is 4. The van der Waals surface area contributed by atoms with E-state index in [1.54, 1.807) is 7.11 Å². The van der Waals surface area contributed by atoms with Gasteiger partial charge in [-0.15, -0.1) is 0 Å². The van der Waals surface area contributed by atoms with Crippen molar-refractivity contribution in [3.8, 4) is 5.75 Å². The van der Waals surface area contributed by atoms with Gasteiger partial charge in [-0.05, 0) is 61.1 Å². The first-order chi connectivity index (χ1) is 12.2. The first-order valence-electron chi connectivity index (χ1n) is 9.44. The summed E-state index contributed by atoms with van der Waals surface area (Å²) in [5, 5.41) is 1.14. The fourth-order valence-corrected chi connectivity index (χ4v) is 4.97. The van der Waals surface area contributed by atoms with Crippen LogP contribution in [-0.4, -0.2) is 43.2 Å². The van der Waals surface area contributed by atoms with Gasteiger partial charge in [0.25, 0.3) is 0 Å². The smallest absolute Gasteiger partial charge is 0.119 e. The number of ether oxygens (including phenoxy) is 2. The van der Waals surface area contributed by atoms with Crippen molar-refractivity contribution < 1.29 is 9.47 Å². The van der Waals surface area contributed by atoms with Gasteiger partial charge in [-0.25, -0.2) is 0 Å². The van der Waals surface area contributed by atoms with Crippen molar-refractivity contribution in [2.75, 3.05) is 27.3 Å². The van der Waals surface area contributed by atoms with Gasteiger partial charge < -0.3 is 9.47 Å². The first kappa shape index (κ1) is 16.8. The van der Waals surface area contributed by atoms with Crippen LogP contribution in [0.15, 0.2) is 30.5 Å². The number of hydrogen-bond acceptors (Lipinski definition) is 4. The third-order valence-electron chi connectivity index (χ3n) is 6.35. The van der Waals surface area contributed by atoms with Crippen LogP contribution in [0.25, 0.3) is 10.9 Å². The number of benzene rings is 1. The van der Waals surface area contributed by atoms with E-state index in [-0.39, 0.29) is 6.10 Å². The van der Waals surface area contributed by atoms with Crippen LogP contribution in [0.2, 0.25) is 0 Å². The van der Waals surface area contributed by atoms with E-state index in [9.17, 15) is 0 Å². The van der Waals surface area contributed by atoms with Crippen molar-refractivity contribution in [2.24, 2.45) is 11.8 Å². The molecule has 0 aliphatic carbocycles. The van der Waals surface area contributed by atoms with Gasteiger partial charge in [0.15, 0.2) is 0 Å². The van der Waals surface area contributed by atoms with Crippen LogP contribution in [-0.2, 0) is 4.74 Å². The molecule has 0 radical (unpaired) electrons. The van der Waals surface area contributed by atoms with Crippen molar-refractivity contribution in [3.63, 3.8) is 0 Å². The fourth-order valence-electron chi connectivity index (χ4n) is 4.97. The Labute approximate surface area is 150 Å². The highest BCUT2D eigenvalue weighted by Crippen LogP contribution is 2.43. The van der Waals surface area contributed by atoms with E-state index in [0.717, 1.165) is 28.5 Å². The predicted molar refractivity (Wildman–Crippen MR) is 99.9 cm³/mol. The summed E-state index contributed by atoms with van der Waals surface area (Å²) in [6, 6.07) is 8.68. The van der Waals surface area contributed by atoms with Gasteiger partial charge in [-0.1, -0.05) is 13.3 Å². The fraction of sp³-hybridized carbons (Fsp3) is 0.571. The molecule has 4 nitrogen and oxygen atoms in total. The van der Waals surface area contributed by atoms with Crippen molar-refractivity contribution in [1.82, 2.24) is 9.88 Å². The van der Waals surface area contributed by atoms with Crippen LogP contribution in [0.5, 0.6) is 5.75 Å². The topological polar surface area (TPSA) is 34.6 Å². The third-order valence-corrected chi connectivity index (χ3v) is 6.35. The van der Waals surface area contributed by atoms with E-state index >= 15 is 0 Å². The van der Waals surface area contributed by atoms with Crippen LogP contribution >= 0.6 is 0 Å². The quantitative estimate of drug-likeness (QED) is 0.822. The van der Waals surface area contributed by atoms with Gasteiger partial charge in [0.1, 0.15) is 5.75 Å². The predicted octanol–water partition coefficient (Wildman–Crippen LogP) is 4.05. The van der Waals surface area contributed by atoms with Gasteiger partial charge >= 0.3 is 0 Å². The SMILES string of the molecule is CC[C@H]1CN2CC[C@H]1C[C@H]2[C@H](OC)c1ccnc2ccc(OC)cc12. The summed E-state index contributed by atoms with van der Waals surface area (Å²) in [6.45, 7) is 4.76. The molecule has 134 valence electrons. The second-order valence-electron chi connectivity index (χ2n) is 7.45. The summed E-state index contributed by atoms with van der Waals surface area (Å²) in [5.74, 6) is 2.57. The molecule has 0 amide bonds. The highest BCUT2D eigenvalue weighted by atomic mass is 16.5. The van der Waals surface area contributed by atoms with Gasteiger partial charge in [-0.3, -0.25) is 9.88 Å². The van der Waals surface area contributed by atoms with Crippen molar-refractivity contribution in [1.29, 1.82) is 0 Å². The Morgan fingerprint density at radius 1 is 1.28 bits per heavy atom. The van der Waals surface area contributed by atoms with Crippen LogP contribution in [0.4, 0.5) is 0 Å². The average Bonchev–Trinajstić information content (AvgIpc) is 2.68. The van der Waals surface area contributed by atoms with Crippen LogP contribution in [0, 0.1) is 11.8 Å². The Bertz CT molecular complexity index is 748. The Hall–Kier alpha value is -1.65. The summed E-state index contributed by atoms with van der Waals surface area (Å²) in [7, 11) is 3.56. The lowest BCUT2D eigenvalue weighted by Crippen LogP contribution is -2.55. The number of nitrogens with zero attached hydrogens (tertiary/aromatic N) is 2. The maximum absolute atomic E-state index is 6.07. The molecule has 1 aromatic heterocycles. The minimum atomic E-state index is 0.0817. The zero-order valence-corrected chi connectivity index (χ0v) is 15.4. The van der Waals surface area contributed by atoms with Crippen LogP contribution in [0.1, 0.15) is 37.9 Å². The van der Waals surface area contributed by atoms with Gasteiger partial charge in [0.2, 0.25) is 0 Å². The molecule has 1 aromatic carbocycles. The van der Waals surface area contributed by atoms with Gasteiger partial charge in [0, 0.05) is 31.3 Å². The molecule has 0 spiro atoms. The molecule has 25 heavy (non-hydrogen) atoms. The number of piperidine rings is 3. The van der Waals surface area contributed by atoms with Crippen LogP contribution in [0.3, 0.4) is 0 Å². The second kappa shape index (κ2) is 6.93. The monoisotopic (exact) mass is 340 g/mol. The summed E-state index contributed by atoms with van der Waals surface area (Å²) < 4.78 is 11.5. The Balaban J connectivity index is 1.71. The molecule has 3 aliphatic rings. The molecular formula is C21H28N2O2. The molecule has 5 atom stereocenters. The third kappa shape index (κ3) is 2.91. The van der Waals surface area contributed by atoms with E-state index in [0.29, 0.717) is 6.04 Å². The number of pyridine rings is 1. The highest BCUT2D eigenvalue weighted by molar-refractivity contribution is 5.84. The Kier molecular flexibility index (Phi) is 4.65. The van der Waals surface area contributed by atoms with Gasteiger partial charge in [-0.2, -0.15) is 0 Å². The minimum absolute atomic E-state index is 0.0817. The zero-order valence-electron chi connectivity index (χ0n) is 15.4. The zero-order chi connectivity index (χ0) is 17.4. The standard InChI is InChI=1S/C21H28N2O2/c1-4-14-13-23-10-8-15(14)11-20(23)21(25-3)17-7-9-22-19-6-5-16(24-2)12-18(17)19/h5-7,9,12,14-15,20-21H,4,8,10-11,13H2,1-3H3/t14-,15-,20-,21+/m0/s1. The van der Waals surface area contributed by atoms with Crippen LogP contribution < -0.4 is 4.74 Å². The summed E-state index contributed by atoms with van der Waals surface area (Å²) in [6.07, 6.45) is 5.86. The lowest BCUT2D eigenvalue weighted by atomic mass is 9.72. The lowest BCUT2D eigenvalue weighted by Gasteiger charge is -2.52. The van der Waals surface area contributed by atoms with Crippen molar-refractivity contribution >= 4 is 10.9 Å². The molecule has 3 aliphatic heterocycles. The molecule has 3 saturated heterocycles. The maximum atomic E-state index is 6.07. The van der Waals surface area contributed by atoms with E-state index in [2.05, 4.69) is 28.9 Å². The summed E-state index contributed by atoms with van der Waals surface area (Å²) >= 11 is 0. The minimum Gasteiger partial charge on any atom is -0.497 e. The Morgan fingerprint density at radius 2 is 2.16 bits per heavy atom. The highest BCUT2D eigenvalue weighted by Gasteiger charge is 2.43. The molecule has 5 rings (SSSR count). The number of rotatable bonds is 5.